The molecule has 106 valence electrons. The molecule has 1 aliphatic heterocycles. The van der Waals surface area contributed by atoms with Crippen LogP contribution < -0.4 is 4.90 Å². The monoisotopic (exact) mass is 299 g/mol. The third-order valence-electron chi connectivity index (χ3n) is 5.94. The highest BCUT2D eigenvalue weighted by Gasteiger charge is 2.73. The van der Waals surface area contributed by atoms with Gasteiger partial charge in [0.25, 0.3) is 0 Å². The summed E-state index contributed by atoms with van der Waals surface area (Å²) in [6.45, 7) is 0. The van der Waals surface area contributed by atoms with Crippen molar-refractivity contribution in [1.29, 1.82) is 0 Å². The zero-order valence-electron chi connectivity index (χ0n) is 11.3. The normalized spacial score (nSPS) is 37.7. The Morgan fingerprint density at radius 2 is 1.48 bits per heavy atom. The number of imide groups is 1. The van der Waals surface area contributed by atoms with Crippen LogP contribution in [0.2, 0.25) is 5.02 Å². The summed E-state index contributed by atoms with van der Waals surface area (Å²) in [5.41, 5.74) is 0.903. The van der Waals surface area contributed by atoms with E-state index >= 15 is 0 Å². The molecule has 2 saturated carbocycles. The molecular formula is C17H14ClNO2. The largest absolute Gasteiger partial charge is 0.274 e. The fourth-order valence-corrected chi connectivity index (χ4v) is 5.05. The van der Waals surface area contributed by atoms with Crippen LogP contribution in [-0.2, 0) is 9.59 Å². The van der Waals surface area contributed by atoms with Gasteiger partial charge in [-0.25, -0.2) is 0 Å². The fraction of sp³-hybridized carbons (Fsp3) is 0.412. The number of carbonyl (C=O) groups excluding carboxylic acids is 2. The van der Waals surface area contributed by atoms with Gasteiger partial charge in [0.05, 0.1) is 17.5 Å². The quantitative estimate of drug-likeness (QED) is 0.590. The lowest BCUT2D eigenvalue weighted by molar-refractivity contribution is -0.123. The van der Waals surface area contributed by atoms with Crippen LogP contribution in [0.3, 0.4) is 0 Å². The molecule has 1 saturated heterocycles. The molecule has 4 aliphatic rings. The molecule has 4 atom stereocenters. The Labute approximate surface area is 127 Å². The minimum Gasteiger partial charge on any atom is -0.274 e. The maximum absolute atomic E-state index is 12.8. The van der Waals surface area contributed by atoms with E-state index in [1.807, 2.05) is 0 Å². The molecule has 4 heteroatoms. The fourth-order valence-electron chi connectivity index (χ4n) is 4.92. The standard InChI is InChI=1S/C17H14ClNO2/c18-9-1-3-10(4-2-9)19-15(20)13-11-5-6-12(14(13)16(19)21)17(11)7-8-17/h1-6,11-14H,7-8H2/t11-,12-,13+,14+/m1/s1. The van der Waals surface area contributed by atoms with E-state index in [9.17, 15) is 9.59 Å². The van der Waals surface area contributed by atoms with E-state index < -0.39 is 0 Å². The van der Waals surface area contributed by atoms with Crippen LogP contribution in [-0.4, -0.2) is 11.8 Å². The zero-order valence-corrected chi connectivity index (χ0v) is 12.1. The summed E-state index contributed by atoms with van der Waals surface area (Å²) in [4.78, 5) is 27.0. The minimum atomic E-state index is -0.134. The van der Waals surface area contributed by atoms with E-state index in [1.54, 1.807) is 24.3 Å². The van der Waals surface area contributed by atoms with Crippen molar-refractivity contribution in [1.82, 2.24) is 0 Å². The topological polar surface area (TPSA) is 37.4 Å². The molecule has 1 aromatic rings. The summed E-state index contributed by atoms with van der Waals surface area (Å²) in [7, 11) is 0. The van der Waals surface area contributed by atoms with Gasteiger partial charge >= 0.3 is 0 Å². The van der Waals surface area contributed by atoms with E-state index in [4.69, 9.17) is 11.6 Å². The number of hydrogen-bond acceptors (Lipinski definition) is 2. The molecule has 2 bridgehead atoms. The van der Waals surface area contributed by atoms with Crippen LogP contribution in [0.25, 0.3) is 0 Å². The van der Waals surface area contributed by atoms with Gasteiger partial charge in [-0.05, 0) is 54.4 Å². The van der Waals surface area contributed by atoms with E-state index in [0.717, 1.165) is 0 Å². The van der Waals surface area contributed by atoms with Crippen LogP contribution in [0.5, 0.6) is 0 Å². The maximum atomic E-state index is 12.8. The summed E-state index contributed by atoms with van der Waals surface area (Å²) in [5.74, 6) is 0.254. The highest BCUT2D eigenvalue weighted by atomic mass is 35.5. The first-order valence-electron chi connectivity index (χ1n) is 7.45. The summed E-state index contributed by atoms with van der Waals surface area (Å²) < 4.78 is 0. The number of rotatable bonds is 1. The van der Waals surface area contributed by atoms with Crippen LogP contribution in [0.4, 0.5) is 5.69 Å². The van der Waals surface area contributed by atoms with Gasteiger partial charge in [-0.3, -0.25) is 14.5 Å². The van der Waals surface area contributed by atoms with Crippen molar-refractivity contribution in [2.24, 2.45) is 29.1 Å². The van der Waals surface area contributed by atoms with E-state index in [0.29, 0.717) is 10.7 Å². The maximum Gasteiger partial charge on any atom is 0.238 e. The van der Waals surface area contributed by atoms with Gasteiger partial charge in [0.2, 0.25) is 11.8 Å². The van der Waals surface area contributed by atoms with Gasteiger partial charge in [0.15, 0.2) is 0 Å². The number of halogens is 1. The predicted molar refractivity (Wildman–Crippen MR) is 78.7 cm³/mol. The molecule has 0 N–H and O–H groups in total. The van der Waals surface area contributed by atoms with Crippen molar-refractivity contribution >= 4 is 29.1 Å². The van der Waals surface area contributed by atoms with Crippen molar-refractivity contribution in [2.75, 3.05) is 4.90 Å². The molecular weight excluding hydrogens is 286 g/mol. The number of nitrogens with zero attached hydrogens (tertiary/aromatic N) is 1. The van der Waals surface area contributed by atoms with E-state index in [-0.39, 0.29) is 40.9 Å². The average molecular weight is 300 g/mol. The molecule has 1 spiro atoms. The highest BCUT2D eigenvalue weighted by molar-refractivity contribution is 6.30. The lowest BCUT2D eigenvalue weighted by atomic mass is 9.85. The predicted octanol–water partition coefficient (Wildman–Crippen LogP) is 3.04. The van der Waals surface area contributed by atoms with Crippen LogP contribution in [0.15, 0.2) is 36.4 Å². The van der Waals surface area contributed by atoms with E-state index in [1.165, 1.54) is 17.7 Å². The second kappa shape index (κ2) is 3.58. The highest BCUT2D eigenvalue weighted by Crippen LogP contribution is 2.73. The molecule has 1 aromatic carbocycles. The SMILES string of the molecule is O=C1[C@@H]2[C@@H](C(=O)N1c1ccc(Cl)cc1)[C@H]1C=C[C@H]2C12CC2. The number of carbonyl (C=O) groups is 2. The van der Waals surface area contributed by atoms with Gasteiger partial charge in [0, 0.05) is 5.02 Å². The number of benzene rings is 1. The number of fused-ring (bicyclic) bond motifs is 3. The number of amides is 2. The van der Waals surface area contributed by atoms with Crippen molar-refractivity contribution in [3.8, 4) is 0 Å². The zero-order chi connectivity index (χ0) is 14.4. The van der Waals surface area contributed by atoms with Crippen LogP contribution in [0.1, 0.15) is 12.8 Å². The van der Waals surface area contributed by atoms with Crippen molar-refractivity contribution in [3.05, 3.63) is 41.4 Å². The lowest BCUT2D eigenvalue weighted by Gasteiger charge is -2.21. The third kappa shape index (κ3) is 1.27. The van der Waals surface area contributed by atoms with Gasteiger partial charge in [0.1, 0.15) is 0 Å². The molecule has 1 heterocycles. The lowest BCUT2D eigenvalue weighted by Crippen LogP contribution is -2.34. The molecule has 0 aromatic heterocycles. The molecule has 0 unspecified atom stereocenters. The number of hydrogen-bond donors (Lipinski definition) is 0. The average Bonchev–Trinajstić information content (AvgIpc) is 3.07. The summed E-state index contributed by atoms with van der Waals surface area (Å²) in [5, 5.41) is 0.608. The first-order valence-corrected chi connectivity index (χ1v) is 7.83. The summed E-state index contributed by atoms with van der Waals surface area (Å²) >= 11 is 5.89. The van der Waals surface area contributed by atoms with Crippen molar-refractivity contribution in [3.63, 3.8) is 0 Å². The first-order chi connectivity index (χ1) is 10.1. The van der Waals surface area contributed by atoms with Crippen LogP contribution in [0, 0.1) is 29.1 Å². The third-order valence-corrected chi connectivity index (χ3v) is 6.19. The molecule has 5 rings (SSSR count). The molecule has 2 amide bonds. The Hall–Kier alpha value is -1.61. The second-order valence-electron chi connectivity index (χ2n) is 6.71. The van der Waals surface area contributed by atoms with E-state index in [2.05, 4.69) is 12.2 Å². The Morgan fingerprint density at radius 3 is 1.95 bits per heavy atom. The second-order valence-corrected chi connectivity index (χ2v) is 7.15. The Balaban J connectivity index is 1.57. The molecule has 0 radical (unpaired) electrons. The summed E-state index contributed by atoms with van der Waals surface area (Å²) in [6, 6.07) is 6.95. The van der Waals surface area contributed by atoms with Crippen molar-refractivity contribution in [2.45, 2.75) is 12.8 Å². The first kappa shape index (κ1) is 12.0. The Bertz CT molecular complexity index is 670. The number of anilines is 1. The van der Waals surface area contributed by atoms with Crippen molar-refractivity contribution < 1.29 is 9.59 Å². The minimum absolute atomic E-state index is 0.0181. The Morgan fingerprint density at radius 1 is 0.952 bits per heavy atom. The summed E-state index contributed by atoms with van der Waals surface area (Å²) in [6.07, 6.45) is 6.72. The van der Waals surface area contributed by atoms with Gasteiger partial charge < -0.3 is 0 Å². The molecule has 3 nitrogen and oxygen atoms in total. The molecule has 3 fully saturated rings. The Kier molecular flexibility index (Phi) is 2.05. The van der Waals surface area contributed by atoms with Gasteiger partial charge in [-0.15, -0.1) is 0 Å². The van der Waals surface area contributed by atoms with Crippen LogP contribution >= 0.6 is 11.6 Å². The molecule has 21 heavy (non-hydrogen) atoms. The smallest absolute Gasteiger partial charge is 0.238 e. The van der Waals surface area contributed by atoms with Gasteiger partial charge in [-0.2, -0.15) is 0 Å². The van der Waals surface area contributed by atoms with Gasteiger partial charge in [-0.1, -0.05) is 23.8 Å². The number of allylic oxidation sites excluding steroid dienone is 2. The molecule has 3 aliphatic carbocycles.